The molecule has 0 N–H and O–H groups in total. The van der Waals surface area contributed by atoms with Crippen molar-refractivity contribution in [3.8, 4) is 5.75 Å². The third-order valence-corrected chi connectivity index (χ3v) is 4.70. The maximum Gasteiger partial charge on any atom is 0.313 e. The van der Waals surface area contributed by atoms with E-state index < -0.39 is 12.0 Å². The van der Waals surface area contributed by atoms with Gasteiger partial charge < -0.3 is 4.74 Å². The maximum atomic E-state index is 12.5. The number of hydroxylamine groups is 2. The number of halogens is 1. The molecule has 136 valence electrons. The Morgan fingerprint density at radius 3 is 2.67 bits per heavy atom. The zero-order valence-electron chi connectivity index (χ0n) is 14.4. The first kappa shape index (κ1) is 17.4. The van der Waals surface area contributed by atoms with Crippen LogP contribution in [0.1, 0.15) is 18.2 Å². The van der Waals surface area contributed by atoms with E-state index in [-0.39, 0.29) is 12.2 Å². The lowest BCUT2D eigenvalue weighted by Gasteiger charge is -2.22. The summed E-state index contributed by atoms with van der Waals surface area (Å²) < 4.78 is 7.09. The third-order valence-electron chi connectivity index (χ3n) is 4.46. The number of hydrogen-bond donors (Lipinski definition) is 0. The van der Waals surface area contributed by atoms with E-state index in [0.29, 0.717) is 10.8 Å². The largest absolute Gasteiger partial charge is 0.426 e. The molecule has 2 heterocycles. The number of ether oxygens (including phenoxy) is 1. The van der Waals surface area contributed by atoms with Crippen molar-refractivity contribution in [3.63, 3.8) is 0 Å². The summed E-state index contributed by atoms with van der Waals surface area (Å²) in [6.07, 6.45) is -0.00202. The molecule has 27 heavy (non-hydrogen) atoms. The molecule has 0 radical (unpaired) electrons. The van der Waals surface area contributed by atoms with Crippen LogP contribution in [0.3, 0.4) is 0 Å². The van der Waals surface area contributed by atoms with Crippen molar-refractivity contribution in [1.82, 2.24) is 9.63 Å². The molecule has 2 aromatic carbocycles. The second-order valence-corrected chi connectivity index (χ2v) is 6.49. The fourth-order valence-corrected chi connectivity index (χ4v) is 3.52. The first-order valence-corrected chi connectivity index (χ1v) is 8.65. The summed E-state index contributed by atoms with van der Waals surface area (Å²) >= 11 is 6.11. The van der Waals surface area contributed by atoms with E-state index in [1.54, 1.807) is 41.0 Å². The Balaban J connectivity index is 1.71. The van der Waals surface area contributed by atoms with Gasteiger partial charge in [0, 0.05) is 10.4 Å². The van der Waals surface area contributed by atoms with Gasteiger partial charge in [-0.2, -0.15) is 0 Å². The molecule has 4 rings (SSSR count). The van der Waals surface area contributed by atoms with Crippen LogP contribution >= 0.6 is 11.6 Å². The molecule has 7 heteroatoms. The smallest absolute Gasteiger partial charge is 0.313 e. The first-order valence-electron chi connectivity index (χ1n) is 8.28. The first-order chi connectivity index (χ1) is 13.1. The maximum absolute atomic E-state index is 12.5. The standard InChI is InChI=1S/C20H15ClN2O4/c1-26-23-18(11-20(25)27-15-5-3-2-4-6-15)17-9-13-7-8-14(21)10-16(13)22(17)19(23)12-24/h2-10,18H,11H2,1H3. The van der Waals surface area contributed by atoms with Crippen LogP contribution in [-0.4, -0.2) is 28.7 Å². The Hall–Kier alpha value is -3.05. The second kappa shape index (κ2) is 6.93. The number of carbonyl (C=O) groups excluding carboxylic acids is 2. The normalized spacial score (nSPS) is 15.7. The summed E-state index contributed by atoms with van der Waals surface area (Å²) in [5, 5.41) is 2.82. The van der Waals surface area contributed by atoms with E-state index in [2.05, 4.69) is 0 Å². The van der Waals surface area contributed by atoms with Gasteiger partial charge in [-0.05, 0) is 30.3 Å². The molecule has 3 aromatic rings. The lowest BCUT2D eigenvalue weighted by molar-refractivity contribution is -0.143. The molecule has 1 aliphatic heterocycles. The average molecular weight is 383 g/mol. The number of hydrogen-bond acceptors (Lipinski definition) is 5. The van der Waals surface area contributed by atoms with Gasteiger partial charge in [0.25, 0.3) is 0 Å². The van der Waals surface area contributed by atoms with Crippen LogP contribution in [0.5, 0.6) is 5.75 Å². The van der Waals surface area contributed by atoms with Gasteiger partial charge >= 0.3 is 5.97 Å². The number of esters is 1. The van der Waals surface area contributed by atoms with E-state index in [4.69, 9.17) is 21.2 Å². The van der Waals surface area contributed by atoms with Crippen molar-refractivity contribution in [2.45, 2.75) is 12.5 Å². The molecule has 0 bridgehead atoms. The number of benzene rings is 2. The summed E-state index contributed by atoms with van der Waals surface area (Å²) in [6.45, 7) is 0. The van der Waals surface area contributed by atoms with Crippen molar-refractivity contribution in [2.75, 3.05) is 7.11 Å². The summed E-state index contributed by atoms with van der Waals surface area (Å²) in [4.78, 5) is 29.5. The predicted molar refractivity (Wildman–Crippen MR) is 101 cm³/mol. The minimum absolute atomic E-state index is 0.00202. The van der Waals surface area contributed by atoms with Crippen molar-refractivity contribution in [1.29, 1.82) is 0 Å². The van der Waals surface area contributed by atoms with Gasteiger partial charge in [0.15, 0.2) is 5.94 Å². The Morgan fingerprint density at radius 1 is 1.19 bits per heavy atom. The molecule has 6 nitrogen and oxygen atoms in total. The Labute approximate surface area is 160 Å². The van der Waals surface area contributed by atoms with Gasteiger partial charge in [-0.15, -0.1) is 0 Å². The average Bonchev–Trinajstić information content (AvgIpc) is 3.16. The van der Waals surface area contributed by atoms with Gasteiger partial charge in [0.1, 0.15) is 11.8 Å². The fourth-order valence-electron chi connectivity index (χ4n) is 3.35. The lowest BCUT2D eigenvalue weighted by Crippen LogP contribution is -2.25. The molecule has 0 spiro atoms. The lowest BCUT2D eigenvalue weighted by atomic mass is 10.1. The highest BCUT2D eigenvalue weighted by Crippen LogP contribution is 2.42. The molecule has 1 unspecified atom stereocenters. The quantitative estimate of drug-likeness (QED) is 0.390. The van der Waals surface area contributed by atoms with Gasteiger partial charge in [0.05, 0.1) is 24.7 Å². The van der Waals surface area contributed by atoms with E-state index in [1.807, 2.05) is 24.1 Å². The van der Waals surface area contributed by atoms with E-state index in [1.165, 1.54) is 12.2 Å². The van der Waals surface area contributed by atoms with Crippen molar-refractivity contribution in [2.24, 2.45) is 0 Å². The van der Waals surface area contributed by atoms with E-state index in [9.17, 15) is 9.59 Å². The monoisotopic (exact) mass is 382 g/mol. The Kier molecular flexibility index (Phi) is 4.46. The third kappa shape index (κ3) is 3.00. The zero-order chi connectivity index (χ0) is 19.0. The fraction of sp³-hybridized carbons (Fsp3) is 0.150. The molecule has 1 aromatic heterocycles. The molecule has 1 atom stereocenters. The number of aromatic nitrogens is 1. The van der Waals surface area contributed by atoms with Gasteiger partial charge in [-0.3, -0.25) is 14.2 Å². The summed E-state index contributed by atoms with van der Waals surface area (Å²) in [5.41, 5.74) is 1.48. The van der Waals surface area contributed by atoms with E-state index >= 15 is 0 Å². The number of carbonyl (C=O) groups is 1. The Morgan fingerprint density at radius 2 is 1.96 bits per heavy atom. The molecule has 0 amide bonds. The predicted octanol–water partition coefficient (Wildman–Crippen LogP) is 3.84. The van der Waals surface area contributed by atoms with Gasteiger partial charge in [0.2, 0.25) is 5.82 Å². The van der Waals surface area contributed by atoms with Crippen LogP contribution < -0.4 is 4.74 Å². The highest BCUT2D eigenvalue weighted by Gasteiger charge is 2.39. The van der Waals surface area contributed by atoms with Crippen LogP contribution in [0.25, 0.3) is 16.7 Å². The van der Waals surface area contributed by atoms with Crippen LogP contribution in [0, 0.1) is 0 Å². The second-order valence-electron chi connectivity index (χ2n) is 6.05. The molecule has 0 saturated heterocycles. The van der Waals surface area contributed by atoms with Crippen molar-refractivity contribution < 1.29 is 19.2 Å². The highest BCUT2D eigenvalue weighted by atomic mass is 35.5. The van der Waals surface area contributed by atoms with Gasteiger partial charge in [-0.25, -0.2) is 9.86 Å². The topological polar surface area (TPSA) is 60.8 Å². The zero-order valence-corrected chi connectivity index (χ0v) is 15.1. The van der Waals surface area contributed by atoms with Crippen molar-refractivity contribution in [3.05, 3.63) is 65.3 Å². The molecule has 0 saturated carbocycles. The highest BCUT2D eigenvalue weighted by molar-refractivity contribution is 6.31. The molecule has 1 aliphatic rings. The van der Waals surface area contributed by atoms with Crippen LogP contribution in [0.4, 0.5) is 0 Å². The minimum Gasteiger partial charge on any atom is -0.426 e. The Bertz CT molecular complexity index is 1070. The minimum atomic E-state index is -0.520. The summed E-state index contributed by atoms with van der Waals surface area (Å²) in [5.74, 6) is 2.10. The van der Waals surface area contributed by atoms with E-state index in [0.717, 1.165) is 16.6 Å². The summed E-state index contributed by atoms with van der Waals surface area (Å²) in [7, 11) is 1.44. The number of fused-ring (bicyclic) bond motifs is 3. The number of para-hydroxylation sites is 1. The number of nitrogens with zero attached hydrogens (tertiary/aromatic N) is 2. The molecular formula is C20H15ClN2O4. The van der Waals surface area contributed by atoms with Crippen LogP contribution in [-0.2, 0) is 14.4 Å². The number of rotatable bonds is 4. The summed E-state index contributed by atoms with van der Waals surface area (Å²) in [6, 6.07) is 15.6. The SMILES string of the molecule is CON1C(=C=O)n2c(cc3ccc(Cl)cc32)C1CC(=O)Oc1ccccc1. The molecular weight excluding hydrogens is 368 g/mol. The van der Waals surface area contributed by atoms with Gasteiger partial charge in [-0.1, -0.05) is 35.9 Å². The van der Waals surface area contributed by atoms with Crippen molar-refractivity contribution >= 4 is 40.2 Å². The van der Waals surface area contributed by atoms with Crippen LogP contribution in [0.15, 0.2) is 54.6 Å². The molecule has 0 fully saturated rings. The molecule has 0 aliphatic carbocycles. The van der Waals surface area contributed by atoms with Crippen LogP contribution in [0.2, 0.25) is 5.02 Å².